The van der Waals surface area contributed by atoms with Crippen LogP contribution in [0.3, 0.4) is 0 Å². The number of nitrogens with zero attached hydrogens (tertiary/aromatic N) is 1. The van der Waals surface area contributed by atoms with Crippen LogP contribution in [0.5, 0.6) is 5.75 Å². The molecule has 1 fully saturated rings. The number of thioether (sulfide) groups is 1. The van der Waals surface area contributed by atoms with E-state index in [9.17, 15) is 19.5 Å². The van der Waals surface area contributed by atoms with Crippen LogP contribution in [0.25, 0.3) is 6.08 Å². The van der Waals surface area contributed by atoms with Crippen LogP contribution in [-0.4, -0.2) is 33.6 Å². The monoisotopic (exact) mass is 402 g/mol. The number of aromatic hydroxyl groups is 1. The molecule has 0 aliphatic carbocycles. The number of hydrogen-bond acceptors (Lipinski definition) is 5. The molecule has 0 unspecified atom stereocenters. The minimum absolute atomic E-state index is 0.0281. The van der Waals surface area contributed by atoms with E-state index in [1.807, 2.05) is 18.2 Å². The molecule has 0 bridgehead atoms. The average Bonchev–Trinajstić information content (AvgIpc) is 2.87. The SMILES string of the molecule is NC(=O)CN1C(=O)S/C(=C\c2cc(Cc3ccccc3Cl)ccc2O)C1=O. The van der Waals surface area contributed by atoms with Crippen LogP contribution in [-0.2, 0) is 16.0 Å². The molecule has 1 heterocycles. The van der Waals surface area contributed by atoms with Crippen molar-refractivity contribution in [2.45, 2.75) is 6.42 Å². The topological polar surface area (TPSA) is 101 Å². The van der Waals surface area contributed by atoms with Gasteiger partial charge in [0, 0.05) is 10.6 Å². The van der Waals surface area contributed by atoms with Crippen LogP contribution in [0.1, 0.15) is 16.7 Å². The van der Waals surface area contributed by atoms with E-state index in [4.69, 9.17) is 17.3 Å². The van der Waals surface area contributed by atoms with E-state index < -0.39 is 23.6 Å². The zero-order valence-electron chi connectivity index (χ0n) is 14.0. The number of imide groups is 1. The Balaban J connectivity index is 1.88. The summed E-state index contributed by atoms with van der Waals surface area (Å²) >= 11 is 6.88. The van der Waals surface area contributed by atoms with Crippen molar-refractivity contribution in [2.75, 3.05) is 6.54 Å². The van der Waals surface area contributed by atoms with Gasteiger partial charge in [0.05, 0.1) is 4.91 Å². The Hall–Kier alpha value is -2.77. The van der Waals surface area contributed by atoms with Crippen molar-refractivity contribution in [2.24, 2.45) is 5.73 Å². The molecule has 2 aromatic carbocycles. The molecule has 1 aliphatic heterocycles. The molecule has 0 atom stereocenters. The lowest BCUT2D eigenvalue weighted by Gasteiger charge is -2.09. The van der Waals surface area contributed by atoms with Crippen LogP contribution in [0.2, 0.25) is 5.02 Å². The summed E-state index contributed by atoms with van der Waals surface area (Å²) in [5.74, 6) is -1.41. The maximum atomic E-state index is 12.3. The number of halogens is 1. The largest absolute Gasteiger partial charge is 0.507 e. The second-order valence-corrected chi connectivity index (χ2v) is 7.30. The number of phenols is 1. The van der Waals surface area contributed by atoms with E-state index in [0.717, 1.165) is 16.0 Å². The highest BCUT2D eigenvalue weighted by molar-refractivity contribution is 8.18. The van der Waals surface area contributed by atoms with Gasteiger partial charge in [-0.25, -0.2) is 0 Å². The van der Waals surface area contributed by atoms with Crippen molar-refractivity contribution in [3.63, 3.8) is 0 Å². The van der Waals surface area contributed by atoms with Gasteiger partial charge in [0.2, 0.25) is 5.91 Å². The molecule has 0 saturated carbocycles. The van der Waals surface area contributed by atoms with Crippen molar-refractivity contribution in [1.82, 2.24) is 4.90 Å². The first-order valence-corrected chi connectivity index (χ1v) is 9.13. The van der Waals surface area contributed by atoms with Gasteiger partial charge in [-0.2, -0.15) is 0 Å². The minimum Gasteiger partial charge on any atom is -0.507 e. The lowest BCUT2D eigenvalue weighted by molar-refractivity contribution is -0.127. The van der Waals surface area contributed by atoms with Crippen LogP contribution >= 0.6 is 23.4 Å². The van der Waals surface area contributed by atoms with E-state index in [1.165, 1.54) is 12.1 Å². The quantitative estimate of drug-likeness (QED) is 0.748. The predicted molar refractivity (Wildman–Crippen MR) is 104 cm³/mol. The van der Waals surface area contributed by atoms with E-state index in [1.54, 1.807) is 18.2 Å². The summed E-state index contributed by atoms with van der Waals surface area (Å²) in [6.07, 6.45) is 1.97. The fourth-order valence-corrected chi connectivity index (χ4v) is 3.66. The molecule has 27 heavy (non-hydrogen) atoms. The summed E-state index contributed by atoms with van der Waals surface area (Å²) in [5.41, 5.74) is 7.26. The molecule has 3 rings (SSSR count). The minimum atomic E-state index is -0.775. The molecule has 3 N–H and O–H groups in total. The molecule has 2 aromatic rings. The summed E-state index contributed by atoms with van der Waals surface area (Å²) in [6, 6.07) is 12.4. The second kappa shape index (κ2) is 7.85. The lowest BCUT2D eigenvalue weighted by atomic mass is 10.0. The number of phenolic OH excluding ortho intramolecular Hbond substituents is 1. The van der Waals surface area contributed by atoms with Gasteiger partial charge in [0.1, 0.15) is 12.3 Å². The van der Waals surface area contributed by atoms with Crippen molar-refractivity contribution in [3.05, 3.63) is 69.1 Å². The zero-order chi connectivity index (χ0) is 19.6. The van der Waals surface area contributed by atoms with Gasteiger partial charge < -0.3 is 10.8 Å². The molecule has 0 spiro atoms. The molecular weight excluding hydrogens is 388 g/mol. The summed E-state index contributed by atoms with van der Waals surface area (Å²) in [7, 11) is 0. The van der Waals surface area contributed by atoms with Gasteiger partial charge >= 0.3 is 0 Å². The van der Waals surface area contributed by atoms with Crippen molar-refractivity contribution < 1.29 is 19.5 Å². The highest BCUT2D eigenvalue weighted by atomic mass is 35.5. The summed E-state index contributed by atoms with van der Waals surface area (Å²) < 4.78 is 0. The summed E-state index contributed by atoms with van der Waals surface area (Å²) in [6.45, 7) is -0.472. The predicted octanol–water partition coefficient (Wildman–Crippen LogP) is 3.16. The van der Waals surface area contributed by atoms with Gasteiger partial charge in [0.15, 0.2) is 0 Å². The lowest BCUT2D eigenvalue weighted by Crippen LogP contribution is -2.36. The number of amides is 3. The number of primary amides is 1. The van der Waals surface area contributed by atoms with Crippen LogP contribution in [0.15, 0.2) is 47.4 Å². The molecule has 6 nitrogen and oxygen atoms in total. The maximum Gasteiger partial charge on any atom is 0.294 e. The molecular formula is C19H15ClN2O4S. The molecule has 0 radical (unpaired) electrons. The van der Waals surface area contributed by atoms with Crippen molar-refractivity contribution >= 4 is 46.5 Å². The van der Waals surface area contributed by atoms with Crippen LogP contribution < -0.4 is 5.73 Å². The number of rotatable bonds is 5. The smallest absolute Gasteiger partial charge is 0.294 e. The normalized spacial score (nSPS) is 15.6. The number of benzene rings is 2. The Kier molecular flexibility index (Phi) is 5.53. The molecule has 3 amide bonds. The first-order chi connectivity index (χ1) is 12.8. The zero-order valence-corrected chi connectivity index (χ0v) is 15.6. The first-order valence-electron chi connectivity index (χ1n) is 7.94. The highest BCUT2D eigenvalue weighted by Gasteiger charge is 2.35. The molecule has 1 saturated heterocycles. The van der Waals surface area contributed by atoms with Gasteiger partial charge in [0.25, 0.3) is 11.1 Å². The Morgan fingerprint density at radius 1 is 1.22 bits per heavy atom. The first kappa shape index (κ1) is 19.0. The number of carbonyl (C=O) groups is 3. The van der Waals surface area contributed by atoms with Crippen molar-refractivity contribution in [3.8, 4) is 5.75 Å². The number of nitrogens with two attached hydrogens (primary N) is 1. The molecule has 8 heteroatoms. The second-order valence-electron chi connectivity index (χ2n) is 5.90. The van der Waals surface area contributed by atoms with Gasteiger partial charge in [-0.3, -0.25) is 19.3 Å². The van der Waals surface area contributed by atoms with E-state index in [0.29, 0.717) is 28.8 Å². The van der Waals surface area contributed by atoms with E-state index in [-0.39, 0.29) is 10.7 Å². The van der Waals surface area contributed by atoms with Gasteiger partial charge in [-0.1, -0.05) is 35.9 Å². The standard InChI is InChI=1S/C19H15ClN2O4S/c20-14-4-2-1-3-12(14)7-11-5-6-15(23)13(8-11)9-16-18(25)22(10-17(21)24)19(26)27-16/h1-6,8-9,23H,7,10H2,(H2,21,24)/b16-9-. The average molecular weight is 403 g/mol. The number of hydrogen-bond donors (Lipinski definition) is 2. The van der Waals surface area contributed by atoms with Gasteiger partial charge in [-0.15, -0.1) is 0 Å². The van der Waals surface area contributed by atoms with Gasteiger partial charge in [-0.05, 0) is 53.6 Å². The fraction of sp³-hybridized carbons (Fsp3) is 0.105. The molecule has 1 aliphatic rings. The summed E-state index contributed by atoms with van der Waals surface area (Å²) in [4.78, 5) is 36.1. The highest BCUT2D eigenvalue weighted by Crippen LogP contribution is 2.34. The molecule has 0 aromatic heterocycles. The van der Waals surface area contributed by atoms with E-state index >= 15 is 0 Å². The third-order valence-corrected chi connectivity index (χ3v) is 5.19. The molecule has 138 valence electrons. The van der Waals surface area contributed by atoms with Crippen LogP contribution in [0.4, 0.5) is 4.79 Å². The number of carbonyl (C=O) groups excluding carboxylic acids is 3. The Morgan fingerprint density at radius 2 is 1.96 bits per heavy atom. The fourth-order valence-electron chi connectivity index (χ4n) is 2.62. The Morgan fingerprint density at radius 3 is 2.67 bits per heavy atom. The van der Waals surface area contributed by atoms with Crippen LogP contribution in [0, 0.1) is 0 Å². The Labute approximate surface area is 164 Å². The maximum absolute atomic E-state index is 12.3. The summed E-state index contributed by atoms with van der Waals surface area (Å²) in [5, 5.41) is 10.2. The third kappa shape index (κ3) is 4.32. The third-order valence-electron chi connectivity index (χ3n) is 3.92. The van der Waals surface area contributed by atoms with E-state index in [2.05, 4.69) is 0 Å². The Bertz CT molecular complexity index is 974. The van der Waals surface area contributed by atoms with Crippen molar-refractivity contribution in [1.29, 1.82) is 0 Å².